The van der Waals surface area contributed by atoms with E-state index in [1.165, 1.54) is 38.5 Å². The van der Waals surface area contributed by atoms with Gasteiger partial charge in [-0.1, -0.05) is 13.8 Å². The van der Waals surface area contributed by atoms with Gasteiger partial charge in [0.15, 0.2) is 0 Å². The molecule has 3 aliphatic rings. The normalized spacial score (nSPS) is 38.7. The third-order valence-corrected chi connectivity index (χ3v) is 5.79. The molecule has 0 N–H and O–H groups in total. The molecule has 0 spiro atoms. The summed E-state index contributed by atoms with van der Waals surface area (Å²) in [5.41, 5.74) is 0.612. The predicted octanol–water partition coefficient (Wildman–Crippen LogP) is 3.56. The van der Waals surface area contributed by atoms with Crippen LogP contribution in [0, 0.1) is 11.3 Å². The summed E-state index contributed by atoms with van der Waals surface area (Å²) in [6.07, 6.45) is 9.01. The van der Waals surface area contributed by atoms with Crippen molar-refractivity contribution >= 4 is 0 Å². The van der Waals surface area contributed by atoms with Gasteiger partial charge in [-0.2, -0.15) is 0 Å². The highest BCUT2D eigenvalue weighted by molar-refractivity contribution is 4.96. The SMILES string of the molecule is CCC1(OCCC2(C)COC2CCC2CCOC2)CC1. The van der Waals surface area contributed by atoms with Crippen molar-refractivity contribution < 1.29 is 14.2 Å². The van der Waals surface area contributed by atoms with Crippen LogP contribution in [0.1, 0.15) is 58.8 Å². The van der Waals surface area contributed by atoms with E-state index in [1.54, 1.807) is 0 Å². The van der Waals surface area contributed by atoms with E-state index < -0.39 is 0 Å². The van der Waals surface area contributed by atoms with Gasteiger partial charge in [0.2, 0.25) is 0 Å². The molecule has 0 bridgehead atoms. The Balaban J connectivity index is 1.36. The maximum Gasteiger partial charge on any atom is 0.0682 e. The van der Waals surface area contributed by atoms with E-state index in [-0.39, 0.29) is 5.60 Å². The minimum Gasteiger partial charge on any atom is -0.381 e. The average molecular weight is 282 g/mol. The number of rotatable bonds is 8. The van der Waals surface area contributed by atoms with E-state index in [9.17, 15) is 0 Å². The first-order valence-electron chi connectivity index (χ1n) is 8.49. The van der Waals surface area contributed by atoms with Gasteiger partial charge in [-0.3, -0.25) is 0 Å². The molecule has 2 aliphatic heterocycles. The molecule has 3 fully saturated rings. The Kier molecular flexibility index (Phi) is 4.40. The Morgan fingerprint density at radius 3 is 2.65 bits per heavy atom. The summed E-state index contributed by atoms with van der Waals surface area (Å²) in [5, 5.41) is 0. The zero-order chi connectivity index (χ0) is 14.1. The van der Waals surface area contributed by atoms with Gasteiger partial charge in [-0.25, -0.2) is 0 Å². The van der Waals surface area contributed by atoms with Crippen LogP contribution in [0.15, 0.2) is 0 Å². The molecule has 3 heteroatoms. The topological polar surface area (TPSA) is 27.7 Å². The van der Waals surface area contributed by atoms with Crippen molar-refractivity contribution in [3.8, 4) is 0 Å². The van der Waals surface area contributed by atoms with Gasteiger partial charge < -0.3 is 14.2 Å². The van der Waals surface area contributed by atoms with Crippen LogP contribution in [0.2, 0.25) is 0 Å². The molecule has 0 amide bonds. The zero-order valence-electron chi connectivity index (χ0n) is 13.2. The maximum absolute atomic E-state index is 6.11. The lowest BCUT2D eigenvalue weighted by molar-refractivity contribution is -0.192. The van der Waals surface area contributed by atoms with Crippen molar-refractivity contribution in [3.05, 3.63) is 0 Å². The van der Waals surface area contributed by atoms with Gasteiger partial charge in [0.25, 0.3) is 0 Å². The molecular formula is C17H30O3. The molecule has 3 rings (SSSR count). The second kappa shape index (κ2) is 5.94. The van der Waals surface area contributed by atoms with Crippen LogP contribution in [0.25, 0.3) is 0 Å². The summed E-state index contributed by atoms with van der Waals surface area (Å²) in [6.45, 7) is 8.37. The molecule has 0 aromatic carbocycles. The molecule has 0 aromatic heterocycles. The molecule has 2 saturated heterocycles. The fourth-order valence-electron chi connectivity index (χ4n) is 3.59. The van der Waals surface area contributed by atoms with Crippen molar-refractivity contribution in [2.24, 2.45) is 11.3 Å². The fourth-order valence-corrected chi connectivity index (χ4v) is 3.59. The van der Waals surface area contributed by atoms with Crippen LogP contribution in [-0.4, -0.2) is 38.1 Å². The summed E-state index contributed by atoms with van der Waals surface area (Å²) < 4.78 is 17.4. The lowest BCUT2D eigenvalue weighted by Gasteiger charge is -2.47. The monoisotopic (exact) mass is 282 g/mol. The van der Waals surface area contributed by atoms with Crippen molar-refractivity contribution in [1.82, 2.24) is 0 Å². The second-order valence-corrected chi connectivity index (χ2v) is 7.40. The Bertz CT molecular complexity index is 320. The highest BCUT2D eigenvalue weighted by Gasteiger charge is 2.46. The van der Waals surface area contributed by atoms with Crippen LogP contribution in [0.3, 0.4) is 0 Å². The van der Waals surface area contributed by atoms with E-state index >= 15 is 0 Å². The molecule has 20 heavy (non-hydrogen) atoms. The lowest BCUT2D eigenvalue weighted by atomic mass is 9.75. The number of ether oxygens (including phenoxy) is 3. The standard InChI is InChI=1S/C17H30O3/c1-3-17(7-8-17)20-11-9-16(2)13-19-15(16)5-4-14-6-10-18-12-14/h14-15H,3-13H2,1-2H3. The first kappa shape index (κ1) is 14.8. The second-order valence-electron chi connectivity index (χ2n) is 7.40. The van der Waals surface area contributed by atoms with Gasteiger partial charge in [0.05, 0.1) is 18.3 Å². The van der Waals surface area contributed by atoms with Gasteiger partial charge in [-0.05, 0) is 50.9 Å². The third-order valence-electron chi connectivity index (χ3n) is 5.79. The van der Waals surface area contributed by atoms with Crippen LogP contribution in [0.4, 0.5) is 0 Å². The first-order valence-corrected chi connectivity index (χ1v) is 8.49. The summed E-state index contributed by atoms with van der Waals surface area (Å²) in [4.78, 5) is 0. The molecule has 2 heterocycles. The van der Waals surface area contributed by atoms with Gasteiger partial charge >= 0.3 is 0 Å². The third kappa shape index (κ3) is 3.20. The summed E-state index contributed by atoms with van der Waals surface area (Å²) in [7, 11) is 0. The minimum atomic E-state index is 0.262. The van der Waals surface area contributed by atoms with Crippen LogP contribution < -0.4 is 0 Å². The Morgan fingerprint density at radius 2 is 2.10 bits per heavy atom. The molecule has 3 unspecified atom stereocenters. The van der Waals surface area contributed by atoms with Crippen molar-refractivity contribution in [2.45, 2.75) is 70.5 Å². The summed E-state index contributed by atoms with van der Waals surface area (Å²) >= 11 is 0. The molecule has 1 saturated carbocycles. The number of hydrogen-bond donors (Lipinski definition) is 0. The predicted molar refractivity (Wildman–Crippen MR) is 78.8 cm³/mol. The highest BCUT2D eigenvalue weighted by Crippen LogP contribution is 2.45. The van der Waals surface area contributed by atoms with Crippen LogP contribution in [-0.2, 0) is 14.2 Å². The largest absolute Gasteiger partial charge is 0.381 e. The fraction of sp³-hybridized carbons (Fsp3) is 1.00. The van der Waals surface area contributed by atoms with Crippen molar-refractivity contribution in [3.63, 3.8) is 0 Å². The van der Waals surface area contributed by atoms with Gasteiger partial charge in [0.1, 0.15) is 0 Å². The summed E-state index contributed by atoms with van der Waals surface area (Å²) in [6, 6.07) is 0. The first-order chi connectivity index (χ1) is 9.66. The molecule has 0 aromatic rings. The van der Waals surface area contributed by atoms with Crippen molar-refractivity contribution in [1.29, 1.82) is 0 Å². The quantitative estimate of drug-likeness (QED) is 0.681. The van der Waals surface area contributed by atoms with E-state index in [0.29, 0.717) is 11.5 Å². The molecule has 0 radical (unpaired) electrons. The van der Waals surface area contributed by atoms with Crippen LogP contribution in [0.5, 0.6) is 0 Å². The molecule has 116 valence electrons. The maximum atomic E-state index is 6.11. The minimum absolute atomic E-state index is 0.262. The molecule has 3 nitrogen and oxygen atoms in total. The van der Waals surface area contributed by atoms with E-state index in [4.69, 9.17) is 14.2 Å². The average Bonchev–Trinajstić information content (AvgIpc) is 3.03. The van der Waals surface area contributed by atoms with Crippen LogP contribution >= 0.6 is 0 Å². The Morgan fingerprint density at radius 1 is 1.25 bits per heavy atom. The molecule has 3 atom stereocenters. The summed E-state index contributed by atoms with van der Waals surface area (Å²) in [5.74, 6) is 0.773. The molecule has 1 aliphatic carbocycles. The van der Waals surface area contributed by atoms with E-state index in [0.717, 1.165) is 38.8 Å². The smallest absolute Gasteiger partial charge is 0.0682 e. The Hall–Kier alpha value is -0.120. The van der Waals surface area contributed by atoms with E-state index in [1.807, 2.05) is 0 Å². The van der Waals surface area contributed by atoms with E-state index in [2.05, 4.69) is 13.8 Å². The van der Waals surface area contributed by atoms with Gasteiger partial charge in [-0.15, -0.1) is 0 Å². The van der Waals surface area contributed by atoms with Crippen molar-refractivity contribution in [2.75, 3.05) is 26.4 Å². The zero-order valence-corrected chi connectivity index (χ0v) is 13.2. The highest BCUT2D eigenvalue weighted by atomic mass is 16.5. The lowest BCUT2D eigenvalue weighted by Crippen LogP contribution is -2.50. The Labute approximate surface area is 123 Å². The van der Waals surface area contributed by atoms with Gasteiger partial charge in [0, 0.05) is 25.2 Å². The number of hydrogen-bond acceptors (Lipinski definition) is 3. The molecular weight excluding hydrogens is 252 g/mol.